The van der Waals surface area contributed by atoms with Gasteiger partial charge in [0.25, 0.3) is 0 Å². The Morgan fingerprint density at radius 3 is 2.75 bits per heavy atom. The summed E-state index contributed by atoms with van der Waals surface area (Å²) >= 11 is 0. The van der Waals surface area contributed by atoms with Gasteiger partial charge in [0.05, 0.1) is 17.9 Å². The predicted octanol–water partition coefficient (Wildman–Crippen LogP) is 2.12. The van der Waals surface area contributed by atoms with Gasteiger partial charge in [-0.2, -0.15) is 18.3 Å². The standard InChI is InChI=1S/C15H16F4N4O/c1-22(9-14(24)20-10-15(17,18)19)8-12-5-6-23(21-12)13-4-2-3-11(16)7-13/h2-7H,8-10H2,1H3,(H,20,24). The Balaban J connectivity index is 1.89. The number of hydrogen-bond acceptors (Lipinski definition) is 3. The van der Waals surface area contributed by atoms with Crippen molar-refractivity contribution in [1.82, 2.24) is 20.0 Å². The average molecular weight is 344 g/mol. The van der Waals surface area contributed by atoms with Crippen molar-refractivity contribution in [3.8, 4) is 5.69 Å². The highest BCUT2D eigenvalue weighted by Crippen LogP contribution is 2.12. The second-order valence-corrected chi connectivity index (χ2v) is 5.30. The van der Waals surface area contributed by atoms with Gasteiger partial charge in [-0.1, -0.05) is 6.07 Å². The topological polar surface area (TPSA) is 50.2 Å². The molecular weight excluding hydrogens is 328 g/mol. The monoisotopic (exact) mass is 344 g/mol. The molecule has 1 amide bonds. The highest BCUT2D eigenvalue weighted by Gasteiger charge is 2.27. The molecule has 9 heteroatoms. The molecule has 2 aromatic rings. The lowest BCUT2D eigenvalue weighted by Gasteiger charge is -2.15. The molecule has 0 atom stereocenters. The van der Waals surface area contributed by atoms with E-state index in [9.17, 15) is 22.4 Å². The molecule has 0 saturated carbocycles. The summed E-state index contributed by atoms with van der Waals surface area (Å²) in [6.07, 6.45) is -2.79. The number of aromatic nitrogens is 2. The van der Waals surface area contributed by atoms with Crippen LogP contribution in [0.1, 0.15) is 5.69 Å². The number of rotatable bonds is 6. The Labute approximate surface area is 135 Å². The van der Waals surface area contributed by atoms with Crippen molar-refractivity contribution in [2.24, 2.45) is 0 Å². The summed E-state index contributed by atoms with van der Waals surface area (Å²) in [4.78, 5) is 13.0. The summed E-state index contributed by atoms with van der Waals surface area (Å²) in [6.45, 7) is -1.28. The van der Waals surface area contributed by atoms with Crippen LogP contribution in [-0.2, 0) is 11.3 Å². The average Bonchev–Trinajstić information content (AvgIpc) is 2.93. The van der Waals surface area contributed by atoms with E-state index >= 15 is 0 Å². The second-order valence-electron chi connectivity index (χ2n) is 5.30. The van der Waals surface area contributed by atoms with Crippen LogP contribution in [0.2, 0.25) is 0 Å². The van der Waals surface area contributed by atoms with E-state index in [0.717, 1.165) is 0 Å². The lowest BCUT2D eigenvalue weighted by atomic mass is 10.3. The van der Waals surface area contributed by atoms with Crippen molar-refractivity contribution >= 4 is 5.91 Å². The van der Waals surface area contributed by atoms with Crippen molar-refractivity contribution in [3.63, 3.8) is 0 Å². The van der Waals surface area contributed by atoms with Crippen molar-refractivity contribution < 1.29 is 22.4 Å². The SMILES string of the molecule is CN(CC(=O)NCC(F)(F)F)Cc1ccn(-c2cccc(F)c2)n1. The first-order valence-corrected chi connectivity index (χ1v) is 7.05. The Hall–Kier alpha value is -2.42. The third kappa shape index (κ3) is 5.65. The van der Waals surface area contributed by atoms with Crippen LogP contribution in [0, 0.1) is 5.82 Å². The van der Waals surface area contributed by atoms with E-state index in [1.807, 2.05) is 0 Å². The molecule has 2 rings (SSSR count). The molecule has 130 valence electrons. The molecular formula is C15H16F4N4O. The molecule has 0 aliphatic rings. The Morgan fingerprint density at radius 1 is 1.33 bits per heavy atom. The van der Waals surface area contributed by atoms with E-state index < -0.39 is 18.6 Å². The summed E-state index contributed by atoms with van der Waals surface area (Å²) < 4.78 is 50.8. The van der Waals surface area contributed by atoms with Gasteiger partial charge >= 0.3 is 6.18 Å². The molecule has 1 aromatic heterocycles. The normalized spacial score (nSPS) is 11.8. The van der Waals surface area contributed by atoms with Crippen LogP contribution in [0.4, 0.5) is 17.6 Å². The van der Waals surface area contributed by atoms with Gasteiger partial charge in [-0.15, -0.1) is 0 Å². The van der Waals surface area contributed by atoms with E-state index in [4.69, 9.17) is 0 Å². The number of carbonyl (C=O) groups is 1. The molecule has 5 nitrogen and oxygen atoms in total. The molecule has 0 radical (unpaired) electrons. The highest BCUT2D eigenvalue weighted by molar-refractivity contribution is 5.78. The summed E-state index contributed by atoms with van der Waals surface area (Å²) in [5.41, 5.74) is 1.15. The fourth-order valence-electron chi connectivity index (χ4n) is 2.04. The van der Waals surface area contributed by atoms with Gasteiger partial charge in [0.1, 0.15) is 12.4 Å². The zero-order valence-corrected chi connectivity index (χ0v) is 12.8. The lowest BCUT2D eigenvalue weighted by Crippen LogP contribution is -2.39. The van der Waals surface area contributed by atoms with Gasteiger partial charge in [0.15, 0.2) is 0 Å². The van der Waals surface area contributed by atoms with Gasteiger partial charge in [-0.25, -0.2) is 9.07 Å². The Bertz CT molecular complexity index is 699. The van der Waals surface area contributed by atoms with E-state index in [-0.39, 0.29) is 18.9 Å². The number of benzene rings is 1. The minimum Gasteiger partial charge on any atom is -0.346 e. The van der Waals surface area contributed by atoms with Crippen LogP contribution in [-0.4, -0.2) is 46.9 Å². The maximum absolute atomic E-state index is 13.2. The fourth-order valence-corrected chi connectivity index (χ4v) is 2.04. The van der Waals surface area contributed by atoms with Gasteiger partial charge in [-0.3, -0.25) is 9.69 Å². The molecule has 0 aliphatic heterocycles. The van der Waals surface area contributed by atoms with Gasteiger partial charge in [-0.05, 0) is 31.3 Å². The van der Waals surface area contributed by atoms with Crippen molar-refractivity contribution in [3.05, 3.63) is 48.0 Å². The first-order valence-electron chi connectivity index (χ1n) is 7.05. The van der Waals surface area contributed by atoms with E-state index in [0.29, 0.717) is 11.4 Å². The molecule has 24 heavy (non-hydrogen) atoms. The van der Waals surface area contributed by atoms with E-state index in [2.05, 4.69) is 5.10 Å². The third-order valence-corrected chi connectivity index (χ3v) is 3.05. The van der Waals surface area contributed by atoms with Crippen LogP contribution >= 0.6 is 0 Å². The van der Waals surface area contributed by atoms with Gasteiger partial charge in [0, 0.05) is 12.7 Å². The smallest absolute Gasteiger partial charge is 0.346 e. The molecule has 0 aliphatic carbocycles. The molecule has 1 heterocycles. The maximum atomic E-state index is 13.2. The first kappa shape index (κ1) is 17.9. The molecule has 0 saturated heterocycles. The van der Waals surface area contributed by atoms with E-state index in [1.165, 1.54) is 21.7 Å². The number of hydrogen-bond donors (Lipinski definition) is 1. The number of carbonyl (C=O) groups excluding carboxylic acids is 1. The summed E-state index contributed by atoms with van der Waals surface area (Å²) in [6, 6.07) is 7.58. The minimum atomic E-state index is -4.43. The van der Waals surface area contributed by atoms with Crippen LogP contribution in [0.3, 0.4) is 0 Å². The molecule has 0 bridgehead atoms. The maximum Gasteiger partial charge on any atom is 0.405 e. The molecule has 1 N–H and O–H groups in total. The first-order chi connectivity index (χ1) is 11.2. The molecule has 0 unspecified atom stereocenters. The number of likely N-dealkylation sites (N-methyl/N-ethyl adjacent to an activating group) is 1. The summed E-state index contributed by atoms with van der Waals surface area (Å²) in [5, 5.41) is 6.05. The van der Waals surface area contributed by atoms with E-state index in [1.54, 1.807) is 36.8 Å². The second kappa shape index (κ2) is 7.43. The summed E-state index contributed by atoms with van der Waals surface area (Å²) in [7, 11) is 1.59. The predicted molar refractivity (Wildman–Crippen MR) is 78.9 cm³/mol. The molecule has 0 spiro atoms. The number of amides is 1. The van der Waals surface area contributed by atoms with Crippen molar-refractivity contribution in [1.29, 1.82) is 0 Å². The number of alkyl halides is 3. The highest BCUT2D eigenvalue weighted by atomic mass is 19.4. The van der Waals surface area contributed by atoms with Crippen LogP contribution in [0.5, 0.6) is 0 Å². The third-order valence-electron chi connectivity index (χ3n) is 3.05. The lowest BCUT2D eigenvalue weighted by molar-refractivity contribution is -0.138. The van der Waals surface area contributed by atoms with Gasteiger partial charge in [0.2, 0.25) is 5.91 Å². The van der Waals surface area contributed by atoms with Crippen LogP contribution in [0.25, 0.3) is 5.69 Å². The number of halogens is 4. The Morgan fingerprint density at radius 2 is 2.08 bits per heavy atom. The van der Waals surface area contributed by atoms with Crippen LogP contribution < -0.4 is 5.32 Å². The zero-order valence-electron chi connectivity index (χ0n) is 12.8. The number of nitrogens with one attached hydrogen (secondary N) is 1. The van der Waals surface area contributed by atoms with Crippen molar-refractivity contribution in [2.45, 2.75) is 12.7 Å². The van der Waals surface area contributed by atoms with Gasteiger partial charge < -0.3 is 5.32 Å². The zero-order chi connectivity index (χ0) is 17.7. The minimum absolute atomic E-state index is 0.192. The summed E-state index contributed by atoms with van der Waals surface area (Å²) in [5.74, 6) is -1.11. The van der Waals surface area contributed by atoms with Crippen LogP contribution in [0.15, 0.2) is 36.5 Å². The molecule has 0 fully saturated rings. The largest absolute Gasteiger partial charge is 0.405 e. The van der Waals surface area contributed by atoms with Crippen molar-refractivity contribution in [2.75, 3.05) is 20.1 Å². The quantitative estimate of drug-likeness (QED) is 0.817. The number of nitrogens with zero attached hydrogens (tertiary/aromatic N) is 3. The fraction of sp³-hybridized carbons (Fsp3) is 0.333. The Kier molecular flexibility index (Phi) is 5.55. The molecule has 1 aromatic carbocycles.